The maximum absolute atomic E-state index is 6.10. The molecule has 1 aromatic carbocycles. The van der Waals surface area contributed by atoms with Gasteiger partial charge in [0.2, 0.25) is 0 Å². The highest BCUT2D eigenvalue weighted by molar-refractivity contribution is 8.21. The molecule has 0 aliphatic carbocycles. The molecule has 2 rings (SSSR count). The van der Waals surface area contributed by atoms with Gasteiger partial charge in [-0.05, 0) is 65.8 Å². The van der Waals surface area contributed by atoms with E-state index in [4.69, 9.17) is 19.8 Å². The average molecular weight is 317 g/mol. The Kier molecular flexibility index (Phi) is 5.23. The van der Waals surface area contributed by atoms with Gasteiger partial charge in [0.05, 0.1) is 4.90 Å². The Morgan fingerprint density at radius 3 is 2.89 bits per heavy atom. The topological polar surface area (TPSA) is 18.5 Å². The fourth-order valence-corrected chi connectivity index (χ4v) is 3.67. The molecule has 0 aromatic heterocycles. The van der Waals surface area contributed by atoms with Crippen LogP contribution in [0.5, 0.6) is 5.75 Å². The molecule has 2 nitrogen and oxygen atoms in total. The Bertz CT molecular complexity index is 420. The average Bonchev–Trinajstić information content (AvgIpc) is 2.36. The molecule has 0 saturated heterocycles. The molecule has 5 heteroatoms. The van der Waals surface area contributed by atoms with Gasteiger partial charge in [0.15, 0.2) is 8.32 Å². The van der Waals surface area contributed by atoms with Crippen LogP contribution in [0.15, 0.2) is 23.1 Å². The van der Waals surface area contributed by atoms with Gasteiger partial charge in [-0.25, -0.2) is 0 Å². The van der Waals surface area contributed by atoms with Crippen molar-refractivity contribution in [3.05, 3.63) is 23.8 Å². The Labute approximate surface area is 125 Å². The van der Waals surface area contributed by atoms with Crippen LogP contribution in [0.2, 0.25) is 19.6 Å². The lowest BCUT2D eigenvalue weighted by Crippen LogP contribution is -2.30. The van der Waals surface area contributed by atoms with Gasteiger partial charge in [-0.15, -0.1) is 0 Å². The zero-order chi connectivity index (χ0) is 13.9. The second-order valence-corrected chi connectivity index (χ2v) is 11.4. The number of hydrogen-bond acceptors (Lipinski definition) is 3. The van der Waals surface area contributed by atoms with E-state index >= 15 is 0 Å². The van der Waals surface area contributed by atoms with E-state index in [1.54, 1.807) is 0 Å². The number of ether oxygens (including phenoxy) is 1. The van der Waals surface area contributed by atoms with Gasteiger partial charge >= 0.3 is 0 Å². The van der Waals surface area contributed by atoms with E-state index in [-0.39, 0.29) is 6.10 Å². The number of rotatable bonds is 5. The second-order valence-electron chi connectivity index (χ2n) is 5.85. The normalized spacial score (nSPS) is 18.8. The molecule has 0 spiro atoms. The summed E-state index contributed by atoms with van der Waals surface area (Å²) in [7, 11) is 5.72. The molecule has 1 aliphatic heterocycles. The highest BCUT2D eigenvalue weighted by atomic mass is 35.7. The highest BCUT2D eigenvalue weighted by Gasteiger charge is 2.23. The first-order valence-electron chi connectivity index (χ1n) is 6.71. The summed E-state index contributed by atoms with van der Waals surface area (Å²) < 4.78 is 12.0. The van der Waals surface area contributed by atoms with Crippen molar-refractivity contribution in [3.63, 3.8) is 0 Å². The van der Waals surface area contributed by atoms with Gasteiger partial charge in [0.1, 0.15) is 11.9 Å². The SMILES string of the molecule is C[Si](C)(C)OCCC1CCc2cccc(SCl)c2O1. The first-order chi connectivity index (χ1) is 8.99. The molecule has 1 unspecified atom stereocenters. The van der Waals surface area contributed by atoms with Crippen LogP contribution in [0.1, 0.15) is 18.4 Å². The van der Waals surface area contributed by atoms with Crippen molar-refractivity contribution in [3.8, 4) is 5.75 Å². The van der Waals surface area contributed by atoms with Crippen LogP contribution in [0.4, 0.5) is 0 Å². The minimum Gasteiger partial charge on any atom is -0.489 e. The van der Waals surface area contributed by atoms with E-state index in [0.717, 1.165) is 36.5 Å². The van der Waals surface area contributed by atoms with E-state index in [0.29, 0.717) is 0 Å². The number of fused-ring (bicyclic) bond motifs is 1. The van der Waals surface area contributed by atoms with Crippen LogP contribution in [-0.4, -0.2) is 21.0 Å². The zero-order valence-corrected chi connectivity index (χ0v) is 14.3. The maximum atomic E-state index is 6.10. The maximum Gasteiger partial charge on any atom is 0.183 e. The Morgan fingerprint density at radius 1 is 1.42 bits per heavy atom. The minimum absolute atomic E-state index is 0.258. The summed E-state index contributed by atoms with van der Waals surface area (Å²) in [6.07, 6.45) is 3.36. The number of benzene rings is 1. The van der Waals surface area contributed by atoms with Crippen LogP contribution < -0.4 is 4.74 Å². The molecule has 1 aliphatic rings. The van der Waals surface area contributed by atoms with Crippen molar-refractivity contribution in [2.75, 3.05) is 6.61 Å². The second kappa shape index (κ2) is 6.53. The third-order valence-electron chi connectivity index (χ3n) is 3.14. The summed E-state index contributed by atoms with van der Waals surface area (Å²) in [6.45, 7) is 7.44. The van der Waals surface area contributed by atoms with Crippen molar-refractivity contribution in [1.82, 2.24) is 0 Å². The zero-order valence-electron chi connectivity index (χ0n) is 11.7. The molecule has 0 bridgehead atoms. The Hall–Kier alpha value is -0.163. The molecule has 0 radical (unpaired) electrons. The van der Waals surface area contributed by atoms with Gasteiger partial charge in [0, 0.05) is 13.0 Å². The lowest BCUT2D eigenvalue weighted by atomic mass is 10.0. The summed E-state index contributed by atoms with van der Waals surface area (Å²) >= 11 is 0. The number of halogens is 1. The molecule has 1 aromatic rings. The molecule has 0 N–H and O–H groups in total. The van der Waals surface area contributed by atoms with Gasteiger partial charge in [-0.1, -0.05) is 12.1 Å². The monoisotopic (exact) mass is 316 g/mol. The van der Waals surface area contributed by atoms with Gasteiger partial charge in [0.25, 0.3) is 0 Å². The Balaban J connectivity index is 1.94. The van der Waals surface area contributed by atoms with Gasteiger partial charge < -0.3 is 9.16 Å². The van der Waals surface area contributed by atoms with Crippen molar-refractivity contribution in [2.45, 2.75) is 49.9 Å². The molecule has 1 atom stereocenters. The largest absolute Gasteiger partial charge is 0.489 e. The van der Waals surface area contributed by atoms with Crippen molar-refractivity contribution in [1.29, 1.82) is 0 Å². The first kappa shape index (κ1) is 15.2. The quantitative estimate of drug-likeness (QED) is 0.722. The van der Waals surface area contributed by atoms with E-state index in [1.165, 1.54) is 16.5 Å². The first-order valence-corrected chi connectivity index (χ1v) is 11.8. The van der Waals surface area contributed by atoms with E-state index in [2.05, 4.69) is 25.7 Å². The van der Waals surface area contributed by atoms with E-state index < -0.39 is 8.32 Å². The summed E-state index contributed by atoms with van der Waals surface area (Å²) in [6, 6.07) is 6.18. The standard InChI is InChI=1S/C14H21ClO2SSi/c1-19(2,3)16-10-9-12-8-7-11-5-4-6-13(18-15)14(11)17-12/h4-6,12H,7-10H2,1-3H3. The van der Waals surface area contributed by atoms with Gasteiger partial charge in [-0.2, -0.15) is 0 Å². The molecular formula is C14H21ClO2SSi. The van der Waals surface area contributed by atoms with Crippen LogP contribution >= 0.6 is 21.7 Å². The molecule has 1 heterocycles. The number of hydrogen-bond donors (Lipinski definition) is 0. The van der Waals surface area contributed by atoms with Crippen molar-refractivity contribution in [2.24, 2.45) is 0 Å². The van der Waals surface area contributed by atoms with Crippen LogP contribution in [0, 0.1) is 0 Å². The van der Waals surface area contributed by atoms with Crippen molar-refractivity contribution >= 4 is 30.0 Å². The molecule has 0 saturated carbocycles. The fraction of sp³-hybridized carbons (Fsp3) is 0.571. The van der Waals surface area contributed by atoms with E-state index in [1.807, 2.05) is 12.1 Å². The molecule has 0 amide bonds. The van der Waals surface area contributed by atoms with Crippen molar-refractivity contribution < 1.29 is 9.16 Å². The highest BCUT2D eigenvalue weighted by Crippen LogP contribution is 2.39. The molecule has 19 heavy (non-hydrogen) atoms. The molecular weight excluding hydrogens is 296 g/mol. The minimum atomic E-state index is -1.41. The lowest BCUT2D eigenvalue weighted by Gasteiger charge is -2.28. The van der Waals surface area contributed by atoms with Gasteiger partial charge in [-0.3, -0.25) is 0 Å². The van der Waals surface area contributed by atoms with Crippen LogP contribution in [0.25, 0.3) is 0 Å². The number of para-hydroxylation sites is 1. The summed E-state index contributed by atoms with van der Waals surface area (Å²) in [5, 5.41) is 0. The summed E-state index contributed by atoms with van der Waals surface area (Å²) in [5.41, 5.74) is 1.27. The lowest BCUT2D eigenvalue weighted by molar-refractivity contribution is 0.134. The Morgan fingerprint density at radius 2 is 2.21 bits per heavy atom. The number of aryl methyl sites for hydroxylation is 1. The third kappa shape index (κ3) is 4.41. The van der Waals surface area contributed by atoms with E-state index in [9.17, 15) is 0 Å². The third-order valence-corrected chi connectivity index (χ3v) is 5.20. The smallest absolute Gasteiger partial charge is 0.183 e. The predicted molar refractivity (Wildman–Crippen MR) is 84.8 cm³/mol. The summed E-state index contributed by atoms with van der Waals surface area (Å²) in [4.78, 5) is 1.02. The predicted octanol–water partition coefficient (Wildman–Crippen LogP) is 4.87. The molecule has 0 fully saturated rings. The van der Waals surface area contributed by atoms with Crippen LogP contribution in [0.3, 0.4) is 0 Å². The summed E-state index contributed by atoms with van der Waals surface area (Å²) in [5.74, 6) is 0.978. The fourth-order valence-electron chi connectivity index (χ4n) is 2.19. The van der Waals surface area contributed by atoms with Crippen LogP contribution in [-0.2, 0) is 10.8 Å². The molecule has 106 valence electrons.